The third-order valence-corrected chi connectivity index (χ3v) is 2.43. The average molecular weight is 236 g/mol. The molecule has 2 atom stereocenters. The van der Waals surface area contributed by atoms with Gasteiger partial charge in [-0.2, -0.15) is 0 Å². The average Bonchev–Trinajstić information content (AvgIpc) is 2.38. The summed E-state index contributed by atoms with van der Waals surface area (Å²) >= 11 is 0. The molecule has 1 aromatic rings. The first-order valence-corrected chi connectivity index (χ1v) is 5.66. The number of ether oxygens (including phenoxy) is 3. The van der Waals surface area contributed by atoms with Crippen molar-refractivity contribution in [2.45, 2.75) is 25.7 Å². The zero-order valence-corrected chi connectivity index (χ0v) is 10.5. The van der Waals surface area contributed by atoms with Crippen molar-refractivity contribution in [3.63, 3.8) is 0 Å². The molecule has 0 aliphatic heterocycles. The maximum Gasteiger partial charge on any atom is 0.147 e. The Bertz CT molecular complexity index is 311. The van der Waals surface area contributed by atoms with Gasteiger partial charge in [-0.15, -0.1) is 6.58 Å². The molecule has 0 saturated carbocycles. The molecule has 0 bridgehead atoms. The van der Waals surface area contributed by atoms with Crippen LogP contribution in [-0.4, -0.2) is 26.1 Å². The molecule has 17 heavy (non-hydrogen) atoms. The van der Waals surface area contributed by atoms with Gasteiger partial charge in [-0.1, -0.05) is 36.4 Å². The molecule has 0 fully saturated rings. The second-order valence-electron chi connectivity index (χ2n) is 3.78. The van der Waals surface area contributed by atoms with E-state index in [2.05, 4.69) is 6.58 Å². The summed E-state index contributed by atoms with van der Waals surface area (Å²) in [6.07, 6.45) is 1.52. The van der Waals surface area contributed by atoms with E-state index in [4.69, 9.17) is 14.2 Å². The molecule has 94 valence electrons. The predicted molar refractivity (Wildman–Crippen MR) is 67.6 cm³/mol. The molecule has 0 heterocycles. The van der Waals surface area contributed by atoms with Crippen LogP contribution in [-0.2, 0) is 20.8 Å². The van der Waals surface area contributed by atoms with E-state index in [1.54, 1.807) is 13.2 Å². The fraction of sp³-hybridized carbons (Fsp3) is 0.429. The third kappa shape index (κ3) is 5.13. The minimum atomic E-state index is -0.154. The van der Waals surface area contributed by atoms with Gasteiger partial charge in [0.25, 0.3) is 0 Å². The molecule has 0 aliphatic carbocycles. The molecule has 0 N–H and O–H groups in total. The van der Waals surface area contributed by atoms with Crippen LogP contribution in [0.3, 0.4) is 0 Å². The highest BCUT2D eigenvalue weighted by Crippen LogP contribution is 2.09. The first-order chi connectivity index (χ1) is 8.27. The lowest BCUT2D eigenvalue weighted by molar-refractivity contribution is -0.108. The lowest BCUT2D eigenvalue weighted by atomic mass is 10.2. The quantitative estimate of drug-likeness (QED) is 0.513. The van der Waals surface area contributed by atoms with E-state index < -0.39 is 0 Å². The van der Waals surface area contributed by atoms with Gasteiger partial charge in [-0.3, -0.25) is 0 Å². The summed E-state index contributed by atoms with van der Waals surface area (Å²) in [7, 11) is 1.59. The van der Waals surface area contributed by atoms with Crippen molar-refractivity contribution in [1.82, 2.24) is 0 Å². The van der Waals surface area contributed by atoms with Crippen molar-refractivity contribution in [2.24, 2.45) is 0 Å². The van der Waals surface area contributed by atoms with Crippen LogP contribution in [0.4, 0.5) is 0 Å². The van der Waals surface area contributed by atoms with Crippen LogP contribution in [0, 0.1) is 0 Å². The summed E-state index contributed by atoms with van der Waals surface area (Å²) < 4.78 is 16.0. The molecule has 1 aromatic carbocycles. The minimum absolute atomic E-state index is 0.0529. The summed E-state index contributed by atoms with van der Waals surface area (Å²) in [6.45, 7) is 6.51. The van der Waals surface area contributed by atoms with Crippen molar-refractivity contribution in [3.05, 3.63) is 48.6 Å². The normalized spacial score (nSPS) is 14.2. The van der Waals surface area contributed by atoms with Gasteiger partial charge in [-0.25, -0.2) is 0 Å². The van der Waals surface area contributed by atoms with Gasteiger partial charge in [0.05, 0.1) is 12.7 Å². The van der Waals surface area contributed by atoms with E-state index in [0.29, 0.717) is 6.61 Å². The Kier molecular flexibility index (Phi) is 6.55. The Morgan fingerprint density at radius 1 is 1.24 bits per heavy atom. The Morgan fingerprint density at radius 3 is 2.53 bits per heavy atom. The van der Waals surface area contributed by atoms with Crippen molar-refractivity contribution >= 4 is 0 Å². The van der Waals surface area contributed by atoms with Crippen LogP contribution >= 0.6 is 0 Å². The predicted octanol–water partition coefficient (Wildman–Crippen LogP) is 2.77. The van der Waals surface area contributed by atoms with Crippen molar-refractivity contribution in [3.8, 4) is 0 Å². The first kappa shape index (κ1) is 13.9. The molecule has 0 radical (unpaired) electrons. The van der Waals surface area contributed by atoms with Crippen molar-refractivity contribution in [2.75, 3.05) is 13.9 Å². The van der Waals surface area contributed by atoms with E-state index in [1.807, 2.05) is 37.3 Å². The molecule has 1 rings (SSSR count). The van der Waals surface area contributed by atoms with Crippen LogP contribution < -0.4 is 0 Å². The molecule has 0 saturated heterocycles. The fourth-order valence-corrected chi connectivity index (χ4v) is 1.44. The van der Waals surface area contributed by atoms with Gasteiger partial charge in [0, 0.05) is 7.11 Å². The Hall–Kier alpha value is -1.16. The van der Waals surface area contributed by atoms with E-state index in [9.17, 15) is 0 Å². The maximum absolute atomic E-state index is 5.73. The van der Waals surface area contributed by atoms with Crippen LogP contribution in [0.25, 0.3) is 0 Å². The standard InChI is InChI=1S/C14H20O3/c1-4-14(17-11-15-3)12(2)16-10-13-8-6-5-7-9-13/h4-9,12,14H,1,10-11H2,2-3H3/t12-,14+/m0/s1. The topological polar surface area (TPSA) is 27.7 Å². The Labute approximate surface area is 103 Å². The molecule has 0 spiro atoms. The zero-order valence-electron chi connectivity index (χ0n) is 10.5. The lowest BCUT2D eigenvalue weighted by Gasteiger charge is -2.21. The van der Waals surface area contributed by atoms with Crippen LogP contribution in [0.5, 0.6) is 0 Å². The molecule has 3 nitrogen and oxygen atoms in total. The highest BCUT2D eigenvalue weighted by atomic mass is 16.7. The van der Waals surface area contributed by atoms with Gasteiger partial charge >= 0.3 is 0 Å². The van der Waals surface area contributed by atoms with Gasteiger partial charge in [-0.05, 0) is 12.5 Å². The second kappa shape index (κ2) is 8.01. The number of hydrogen-bond donors (Lipinski definition) is 0. The summed E-state index contributed by atoms with van der Waals surface area (Å²) in [5, 5.41) is 0. The SMILES string of the molecule is C=C[C@@H](OCOC)[C@H](C)OCc1ccccc1. The van der Waals surface area contributed by atoms with Crippen LogP contribution in [0.15, 0.2) is 43.0 Å². The largest absolute Gasteiger partial charge is 0.371 e. The molecule has 0 amide bonds. The summed E-state index contributed by atoms with van der Waals surface area (Å²) in [6, 6.07) is 10.0. The molecule has 0 aromatic heterocycles. The van der Waals surface area contributed by atoms with Crippen molar-refractivity contribution < 1.29 is 14.2 Å². The number of methoxy groups -OCH3 is 1. The number of rotatable bonds is 8. The van der Waals surface area contributed by atoms with Crippen LogP contribution in [0.2, 0.25) is 0 Å². The molecule has 3 heteroatoms. The summed E-state index contributed by atoms with van der Waals surface area (Å²) in [5.74, 6) is 0. The molecular formula is C14H20O3. The van der Waals surface area contributed by atoms with Gasteiger partial charge in [0.1, 0.15) is 12.9 Å². The molecular weight excluding hydrogens is 216 g/mol. The van der Waals surface area contributed by atoms with E-state index in [-0.39, 0.29) is 19.0 Å². The number of hydrogen-bond acceptors (Lipinski definition) is 3. The van der Waals surface area contributed by atoms with Crippen LogP contribution in [0.1, 0.15) is 12.5 Å². The monoisotopic (exact) mass is 236 g/mol. The third-order valence-electron chi connectivity index (χ3n) is 2.43. The van der Waals surface area contributed by atoms with Gasteiger partial charge in [0.15, 0.2) is 0 Å². The van der Waals surface area contributed by atoms with Crippen molar-refractivity contribution in [1.29, 1.82) is 0 Å². The minimum Gasteiger partial charge on any atom is -0.371 e. The molecule has 0 aliphatic rings. The fourth-order valence-electron chi connectivity index (χ4n) is 1.44. The van der Waals surface area contributed by atoms with E-state index in [1.165, 1.54) is 0 Å². The molecule has 0 unspecified atom stereocenters. The smallest absolute Gasteiger partial charge is 0.147 e. The van der Waals surface area contributed by atoms with Gasteiger partial charge in [0.2, 0.25) is 0 Å². The Balaban J connectivity index is 2.36. The second-order valence-corrected chi connectivity index (χ2v) is 3.78. The highest BCUT2D eigenvalue weighted by Gasteiger charge is 2.14. The Morgan fingerprint density at radius 2 is 1.94 bits per heavy atom. The number of benzene rings is 1. The van der Waals surface area contributed by atoms with Gasteiger partial charge < -0.3 is 14.2 Å². The highest BCUT2D eigenvalue weighted by molar-refractivity contribution is 5.13. The van der Waals surface area contributed by atoms with E-state index in [0.717, 1.165) is 5.56 Å². The summed E-state index contributed by atoms with van der Waals surface area (Å²) in [4.78, 5) is 0. The zero-order chi connectivity index (χ0) is 12.5. The maximum atomic E-state index is 5.73. The first-order valence-electron chi connectivity index (χ1n) is 5.66. The summed E-state index contributed by atoms with van der Waals surface area (Å²) in [5.41, 5.74) is 1.15. The van der Waals surface area contributed by atoms with E-state index >= 15 is 0 Å². The lowest BCUT2D eigenvalue weighted by Crippen LogP contribution is -2.27.